The van der Waals surface area contributed by atoms with Gasteiger partial charge in [-0.2, -0.15) is 8.42 Å². The number of hydrogen-bond donors (Lipinski definition) is 1. The molecule has 0 radical (unpaired) electrons. The van der Waals surface area contributed by atoms with Crippen molar-refractivity contribution in [3.8, 4) is 5.75 Å². The number of benzene rings is 1. The van der Waals surface area contributed by atoms with Crippen molar-refractivity contribution in [2.75, 3.05) is 11.4 Å². The molecule has 1 N–H and O–H groups in total. The van der Waals surface area contributed by atoms with Crippen LogP contribution in [0.5, 0.6) is 5.75 Å². The fourth-order valence-electron chi connectivity index (χ4n) is 1.81. The van der Waals surface area contributed by atoms with Crippen molar-refractivity contribution in [2.45, 2.75) is 11.7 Å². The van der Waals surface area contributed by atoms with Gasteiger partial charge < -0.3 is 10.0 Å². The average molecular weight is 338 g/mol. The van der Waals surface area contributed by atoms with Gasteiger partial charge in [-0.25, -0.2) is 0 Å². The van der Waals surface area contributed by atoms with Crippen molar-refractivity contribution in [3.63, 3.8) is 0 Å². The maximum Gasteiger partial charge on any atom is 0.307 e. The van der Waals surface area contributed by atoms with Gasteiger partial charge in [0, 0.05) is 17.4 Å². The van der Waals surface area contributed by atoms with Crippen LogP contribution in [0.3, 0.4) is 0 Å². The third-order valence-electron chi connectivity index (χ3n) is 2.72. The van der Waals surface area contributed by atoms with Gasteiger partial charge in [-0.1, -0.05) is 15.9 Å². The summed E-state index contributed by atoms with van der Waals surface area (Å²) in [6.07, 6.45) is -0.412. The molecule has 0 aliphatic carbocycles. The van der Waals surface area contributed by atoms with E-state index in [1.165, 1.54) is 12.1 Å². The number of phenolic OH excluding ortho intramolecular Hbond substituents is 1. The maximum atomic E-state index is 12.9. The van der Waals surface area contributed by atoms with Gasteiger partial charge in [0.15, 0.2) is 0 Å². The number of nitrogens with zero attached hydrogens (tertiary/aromatic N) is 1. The first kappa shape index (κ1) is 13.3. The van der Waals surface area contributed by atoms with Crippen LogP contribution >= 0.6 is 15.9 Å². The summed E-state index contributed by atoms with van der Waals surface area (Å²) in [4.78, 5) is 12.7. The second-order valence-electron chi connectivity index (χ2n) is 3.94. The summed E-state index contributed by atoms with van der Waals surface area (Å²) in [6, 6.07) is 4.41. The number of anilines is 1. The zero-order valence-corrected chi connectivity index (χ0v) is 11.4. The lowest BCUT2D eigenvalue weighted by Crippen LogP contribution is -2.26. The first-order valence-corrected chi connectivity index (χ1v) is 7.25. The molecule has 0 spiro atoms. The second kappa shape index (κ2) is 4.51. The molecule has 8 heteroatoms. The molecule has 1 aliphatic rings. The SMILES string of the molecule is O=C1CC(S(=O)(=O)F)CN1c1cc(Br)ccc1O. The molecule has 0 saturated carbocycles. The Hall–Kier alpha value is -1.15. The van der Waals surface area contributed by atoms with Gasteiger partial charge in [-0.3, -0.25) is 4.79 Å². The Balaban J connectivity index is 2.35. The summed E-state index contributed by atoms with van der Waals surface area (Å²) in [7, 11) is -4.76. The summed E-state index contributed by atoms with van der Waals surface area (Å²) in [5.41, 5.74) is 0.167. The number of aromatic hydroxyl groups is 1. The number of halogens is 2. The predicted octanol–water partition coefficient (Wildman–Crippen LogP) is 1.56. The molecule has 18 heavy (non-hydrogen) atoms. The topological polar surface area (TPSA) is 74.7 Å². The zero-order chi connectivity index (χ0) is 13.5. The lowest BCUT2D eigenvalue weighted by Gasteiger charge is -2.17. The average Bonchev–Trinajstić information content (AvgIpc) is 2.64. The molecule has 2 rings (SSSR count). The van der Waals surface area contributed by atoms with Crippen LogP contribution in [0, 0.1) is 0 Å². The normalized spacial score (nSPS) is 20.4. The zero-order valence-electron chi connectivity index (χ0n) is 9.01. The highest BCUT2D eigenvalue weighted by molar-refractivity contribution is 9.10. The Bertz CT molecular complexity index is 604. The largest absolute Gasteiger partial charge is 0.506 e. The van der Waals surface area contributed by atoms with Gasteiger partial charge in [0.2, 0.25) is 5.91 Å². The molecule has 98 valence electrons. The molecular formula is C10H9BrFNO4S. The quantitative estimate of drug-likeness (QED) is 0.831. The lowest BCUT2D eigenvalue weighted by atomic mass is 10.2. The van der Waals surface area contributed by atoms with Gasteiger partial charge in [-0.05, 0) is 18.2 Å². The molecule has 1 fully saturated rings. The lowest BCUT2D eigenvalue weighted by molar-refractivity contribution is -0.117. The molecule has 1 unspecified atom stereocenters. The van der Waals surface area contributed by atoms with E-state index in [0.717, 1.165) is 4.90 Å². The minimum absolute atomic E-state index is 0.163. The van der Waals surface area contributed by atoms with E-state index >= 15 is 0 Å². The van der Waals surface area contributed by atoms with E-state index in [1.54, 1.807) is 6.07 Å². The molecule has 1 aliphatic heterocycles. The third kappa shape index (κ3) is 2.49. The second-order valence-corrected chi connectivity index (χ2v) is 6.47. The highest BCUT2D eigenvalue weighted by atomic mass is 79.9. The van der Waals surface area contributed by atoms with Crippen LogP contribution in [0.25, 0.3) is 0 Å². The van der Waals surface area contributed by atoms with E-state index in [1.807, 2.05) is 0 Å². The summed E-state index contributed by atoms with van der Waals surface area (Å²) in [6.45, 7) is -0.290. The Morgan fingerprint density at radius 1 is 1.44 bits per heavy atom. The highest BCUT2D eigenvalue weighted by Gasteiger charge is 2.39. The van der Waals surface area contributed by atoms with E-state index in [2.05, 4.69) is 15.9 Å². The first-order chi connectivity index (χ1) is 8.29. The van der Waals surface area contributed by atoms with Gasteiger partial charge in [0.05, 0.1) is 5.69 Å². The van der Waals surface area contributed by atoms with Crippen molar-refractivity contribution >= 4 is 37.7 Å². The Labute approximate surface area is 112 Å². The first-order valence-electron chi connectivity index (χ1n) is 5.01. The van der Waals surface area contributed by atoms with Crippen LogP contribution in [0.4, 0.5) is 9.57 Å². The molecule has 1 aromatic rings. The van der Waals surface area contributed by atoms with Crippen molar-refractivity contribution in [3.05, 3.63) is 22.7 Å². The summed E-state index contributed by atoms with van der Waals surface area (Å²) in [5, 5.41) is 8.27. The predicted molar refractivity (Wildman–Crippen MR) is 66.6 cm³/mol. The van der Waals surface area contributed by atoms with Crippen molar-refractivity contribution in [1.82, 2.24) is 0 Å². The van der Waals surface area contributed by atoms with E-state index in [-0.39, 0.29) is 18.0 Å². The Morgan fingerprint density at radius 2 is 2.11 bits per heavy atom. The molecule has 1 amide bonds. The Kier molecular flexibility index (Phi) is 3.33. The van der Waals surface area contributed by atoms with Crippen molar-refractivity contribution in [2.24, 2.45) is 0 Å². The van der Waals surface area contributed by atoms with E-state index < -0.39 is 27.8 Å². The van der Waals surface area contributed by atoms with Crippen LogP contribution in [0.15, 0.2) is 22.7 Å². The molecule has 0 bridgehead atoms. The molecule has 0 aromatic heterocycles. The summed E-state index contributed by atoms with van der Waals surface area (Å²) < 4.78 is 35.1. The van der Waals surface area contributed by atoms with Crippen LogP contribution in [-0.2, 0) is 15.0 Å². The van der Waals surface area contributed by atoms with Gasteiger partial charge in [0.1, 0.15) is 11.0 Å². The van der Waals surface area contributed by atoms with Crippen LogP contribution in [0.2, 0.25) is 0 Å². The summed E-state index contributed by atoms with van der Waals surface area (Å²) >= 11 is 3.18. The number of rotatable bonds is 2. The van der Waals surface area contributed by atoms with Gasteiger partial charge in [0.25, 0.3) is 0 Å². The van der Waals surface area contributed by atoms with E-state index in [0.29, 0.717) is 4.47 Å². The monoisotopic (exact) mass is 337 g/mol. The number of carbonyl (C=O) groups excluding carboxylic acids is 1. The van der Waals surface area contributed by atoms with Gasteiger partial charge >= 0.3 is 10.2 Å². The molecule has 1 heterocycles. The number of phenols is 1. The summed E-state index contributed by atoms with van der Waals surface area (Å²) in [5.74, 6) is -0.696. The standard InChI is InChI=1S/C10H9BrFNO4S/c11-6-1-2-9(14)8(3-6)13-5-7(4-10(13)15)18(12,16)17/h1-3,7,14H,4-5H2. The number of hydrogen-bond acceptors (Lipinski definition) is 4. The van der Waals surface area contributed by atoms with E-state index in [9.17, 15) is 22.2 Å². The maximum absolute atomic E-state index is 12.9. The molecule has 1 atom stereocenters. The van der Waals surface area contributed by atoms with Gasteiger partial charge in [-0.15, -0.1) is 3.89 Å². The Morgan fingerprint density at radius 3 is 2.67 bits per heavy atom. The third-order valence-corrected chi connectivity index (χ3v) is 4.32. The van der Waals surface area contributed by atoms with Crippen LogP contribution in [-0.4, -0.2) is 31.2 Å². The molecular weight excluding hydrogens is 329 g/mol. The molecule has 1 saturated heterocycles. The molecule has 5 nitrogen and oxygen atoms in total. The fourth-order valence-corrected chi connectivity index (χ4v) is 2.83. The highest BCUT2D eigenvalue weighted by Crippen LogP contribution is 2.34. The van der Waals surface area contributed by atoms with Crippen molar-refractivity contribution in [1.29, 1.82) is 0 Å². The number of carbonyl (C=O) groups is 1. The minimum Gasteiger partial charge on any atom is -0.506 e. The van der Waals surface area contributed by atoms with E-state index in [4.69, 9.17) is 0 Å². The fraction of sp³-hybridized carbons (Fsp3) is 0.300. The molecule has 1 aromatic carbocycles. The van der Waals surface area contributed by atoms with Crippen molar-refractivity contribution < 1.29 is 22.2 Å². The van der Waals surface area contributed by atoms with Crippen LogP contribution in [0.1, 0.15) is 6.42 Å². The minimum atomic E-state index is -4.76. The van der Waals surface area contributed by atoms with Crippen LogP contribution < -0.4 is 4.90 Å². The smallest absolute Gasteiger partial charge is 0.307 e. The number of amides is 1.